The van der Waals surface area contributed by atoms with Crippen molar-refractivity contribution in [2.24, 2.45) is 0 Å². The van der Waals surface area contributed by atoms with Gasteiger partial charge in [0.05, 0.1) is 11.9 Å². The fourth-order valence-corrected chi connectivity index (χ4v) is 4.33. The molecule has 0 aromatic carbocycles. The Kier molecular flexibility index (Phi) is 4.86. The van der Waals surface area contributed by atoms with Crippen LogP contribution in [-0.4, -0.2) is 52.6 Å². The van der Waals surface area contributed by atoms with Crippen molar-refractivity contribution in [3.63, 3.8) is 0 Å². The Labute approximate surface area is 182 Å². The molecule has 11 heteroatoms. The number of rotatable bonds is 4. The molecule has 3 aliphatic rings. The maximum absolute atomic E-state index is 12.6. The molecule has 1 aliphatic carbocycles. The lowest BCUT2D eigenvalue weighted by Gasteiger charge is -2.42. The predicted octanol–water partition coefficient (Wildman–Crippen LogP) is 3.03. The molecule has 2 aromatic rings. The molecule has 0 unspecified atom stereocenters. The molecule has 1 amide bonds. The van der Waals surface area contributed by atoms with E-state index in [-0.39, 0.29) is 24.1 Å². The van der Waals surface area contributed by atoms with Crippen LogP contribution < -0.4 is 19.9 Å². The first-order chi connectivity index (χ1) is 15.2. The predicted molar refractivity (Wildman–Crippen MR) is 111 cm³/mol. The zero-order valence-electron chi connectivity index (χ0n) is 17.7. The van der Waals surface area contributed by atoms with Crippen molar-refractivity contribution < 1.29 is 22.7 Å². The van der Waals surface area contributed by atoms with Gasteiger partial charge < -0.3 is 19.9 Å². The van der Waals surface area contributed by atoms with Gasteiger partial charge >= 0.3 is 6.18 Å². The van der Waals surface area contributed by atoms with Crippen molar-refractivity contribution in [3.8, 4) is 5.75 Å². The van der Waals surface area contributed by atoms with Crippen LogP contribution >= 0.6 is 0 Å². The quantitative estimate of drug-likeness (QED) is 0.770. The number of nitrogens with zero attached hydrogens (tertiary/aromatic N) is 5. The second kappa shape index (κ2) is 7.49. The van der Waals surface area contributed by atoms with Gasteiger partial charge in [-0.25, -0.2) is 9.97 Å². The van der Waals surface area contributed by atoms with Crippen molar-refractivity contribution in [2.75, 3.05) is 28.7 Å². The van der Waals surface area contributed by atoms with E-state index in [0.29, 0.717) is 31.1 Å². The summed E-state index contributed by atoms with van der Waals surface area (Å²) >= 11 is 0. The molecule has 1 fully saturated rings. The molecule has 1 atom stereocenters. The van der Waals surface area contributed by atoms with Gasteiger partial charge in [-0.1, -0.05) is 0 Å². The van der Waals surface area contributed by atoms with Crippen molar-refractivity contribution >= 4 is 23.4 Å². The highest BCUT2D eigenvalue weighted by Crippen LogP contribution is 2.40. The molecule has 0 bridgehead atoms. The largest absolute Gasteiger partial charge is 0.489 e. The highest BCUT2D eigenvalue weighted by molar-refractivity contribution is 6.05. The Morgan fingerprint density at radius 1 is 1.22 bits per heavy atom. The van der Waals surface area contributed by atoms with Gasteiger partial charge in [-0.3, -0.25) is 4.79 Å². The second-order valence-electron chi connectivity index (χ2n) is 8.48. The number of hydrogen-bond acceptors (Lipinski definition) is 7. The number of hydrogen-bond donors (Lipinski definition) is 1. The van der Waals surface area contributed by atoms with Crippen LogP contribution in [0, 0.1) is 0 Å². The molecule has 8 nitrogen and oxygen atoms in total. The van der Waals surface area contributed by atoms with Crippen LogP contribution in [-0.2, 0) is 17.4 Å². The third-order valence-electron chi connectivity index (χ3n) is 6.30. The lowest BCUT2D eigenvalue weighted by atomic mass is 9.89. The van der Waals surface area contributed by atoms with E-state index < -0.39 is 11.9 Å². The van der Waals surface area contributed by atoms with Crippen molar-refractivity contribution in [1.29, 1.82) is 0 Å². The molecular formula is C21H23F3N6O2. The highest BCUT2D eigenvalue weighted by atomic mass is 19.4. The van der Waals surface area contributed by atoms with E-state index in [1.165, 1.54) is 6.07 Å². The topological polar surface area (TPSA) is 83.5 Å². The molecule has 0 spiro atoms. The molecule has 0 radical (unpaired) electrons. The van der Waals surface area contributed by atoms with Crippen molar-refractivity contribution in [3.05, 3.63) is 29.7 Å². The number of pyridine rings is 1. The third-order valence-corrected chi connectivity index (χ3v) is 6.30. The van der Waals surface area contributed by atoms with Crippen LogP contribution in [0.1, 0.15) is 37.6 Å². The Morgan fingerprint density at radius 3 is 2.69 bits per heavy atom. The number of anilines is 3. The molecule has 0 saturated heterocycles. The summed E-state index contributed by atoms with van der Waals surface area (Å²) in [5.41, 5.74) is 0.752. The molecule has 1 N–H and O–H groups in total. The maximum Gasteiger partial charge on any atom is 0.433 e. The van der Waals surface area contributed by atoms with Crippen LogP contribution in [0.15, 0.2) is 18.3 Å². The Bertz CT molecular complexity index is 1040. The number of carbonyl (C=O) groups is 1. The van der Waals surface area contributed by atoms with E-state index in [1.54, 1.807) is 4.90 Å². The second-order valence-corrected chi connectivity index (χ2v) is 8.48. The lowest BCUT2D eigenvalue weighted by molar-refractivity contribution is -0.141. The fraction of sp³-hybridized carbons (Fsp3) is 0.524. The van der Waals surface area contributed by atoms with Crippen LogP contribution in [0.4, 0.5) is 30.6 Å². The number of alkyl halides is 3. The van der Waals surface area contributed by atoms with Gasteiger partial charge in [-0.05, 0) is 31.9 Å². The molecule has 4 heterocycles. The van der Waals surface area contributed by atoms with Gasteiger partial charge in [0.2, 0.25) is 11.9 Å². The third kappa shape index (κ3) is 3.59. The van der Waals surface area contributed by atoms with Crippen molar-refractivity contribution in [1.82, 2.24) is 15.0 Å². The first-order valence-corrected chi connectivity index (χ1v) is 10.6. The van der Waals surface area contributed by atoms with E-state index in [2.05, 4.69) is 20.3 Å². The van der Waals surface area contributed by atoms with Gasteiger partial charge in [0.25, 0.3) is 0 Å². The summed E-state index contributed by atoms with van der Waals surface area (Å²) in [5, 5.41) is 3.34. The molecule has 2 aliphatic heterocycles. The highest BCUT2D eigenvalue weighted by Gasteiger charge is 2.39. The van der Waals surface area contributed by atoms with Gasteiger partial charge in [0.15, 0.2) is 5.82 Å². The minimum absolute atomic E-state index is 0.0713. The lowest BCUT2D eigenvalue weighted by Crippen LogP contribution is -2.53. The maximum atomic E-state index is 12.6. The van der Waals surface area contributed by atoms with E-state index >= 15 is 0 Å². The van der Waals surface area contributed by atoms with E-state index in [0.717, 1.165) is 42.3 Å². The van der Waals surface area contributed by atoms with Crippen LogP contribution in [0.2, 0.25) is 0 Å². The molecule has 2 aromatic heterocycles. The summed E-state index contributed by atoms with van der Waals surface area (Å²) in [6.45, 7) is 2.56. The number of aryl methyl sites for hydroxylation is 1. The number of likely N-dealkylation sites (N-methyl/N-ethyl adjacent to an activating group) is 1. The fourth-order valence-electron chi connectivity index (χ4n) is 4.33. The summed E-state index contributed by atoms with van der Waals surface area (Å²) in [7, 11) is 1.87. The van der Waals surface area contributed by atoms with Crippen LogP contribution in [0.25, 0.3) is 0 Å². The minimum atomic E-state index is -4.46. The first kappa shape index (κ1) is 20.8. The molecule has 170 valence electrons. The smallest absolute Gasteiger partial charge is 0.433 e. The number of nitrogens with one attached hydrogen (secondary N) is 1. The number of aromatic nitrogens is 3. The molecule has 1 saturated carbocycles. The monoisotopic (exact) mass is 448 g/mol. The van der Waals surface area contributed by atoms with Crippen LogP contribution in [0.3, 0.4) is 0 Å². The Balaban J connectivity index is 1.24. The number of carbonyl (C=O) groups excluding carboxylic acids is 1. The Morgan fingerprint density at radius 2 is 2.00 bits per heavy atom. The number of ether oxygens (including phenoxy) is 1. The molecule has 5 rings (SSSR count). The van der Waals surface area contributed by atoms with Gasteiger partial charge in [-0.15, -0.1) is 0 Å². The summed E-state index contributed by atoms with van der Waals surface area (Å²) in [6.07, 6.45) is -0.465. The number of halogens is 3. The summed E-state index contributed by atoms with van der Waals surface area (Å²) < 4.78 is 43.6. The summed E-state index contributed by atoms with van der Waals surface area (Å²) in [6, 6.07) is 2.02. The van der Waals surface area contributed by atoms with Gasteiger partial charge in [-0.2, -0.15) is 18.2 Å². The SMILES string of the molecule is C[C@H]1C(=O)N2CCCc3nc(NC4CC(Oc5ccc(C(F)(F)F)nc5)C4)nc(c32)N1C. The van der Waals surface area contributed by atoms with E-state index in [9.17, 15) is 18.0 Å². The Hall–Kier alpha value is -3.11. The molecular weight excluding hydrogens is 425 g/mol. The standard InChI is InChI=1S/C21H23F3N6O2/c1-11-19(31)30-7-3-4-15-17(30)18(29(11)2)28-20(27-15)26-12-8-14(9-12)32-13-5-6-16(25-10-13)21(22,23)24/h5-6,10-12,14H,3-4,7-9H2,1-2H3,(H,26,27,28)/t11-,12?,14?/m0/s1. The number of amides is 1. The van der Waals surface area contributed by atoms with E-state index in [4.69, 9.17) is 4.74 Å². The van der Waals surface area contributed by atoms with Gasteiger partial charge in [0.1, 0.15) is 29.3 Å². The van der Waals surface area contributed by atoms with E-state index in [1.807, 2.05) is 18.9 Å². The first-order valence-electron chi connectivity index (χ1n) is 10.6. The van der Waals surface area contributed by atoms with Gasteiger partial charge in [0, 0.05) is 32.5 Å². The summed E-state index contributed by atoms with van der Waals surface area (Å²) in [5.74, 6) is 1.67. The summed E-state index contributed by atoms with van der Waals surface area (Å²) in [4.78, 5) is 29.1. The molecule has 32 heavy (non-hydrogen) atoms. The zero-order valence-corrected chi connectivity index (χ0v) is 17.7. The average molecular weight is 448 g/mol. The van der Waals surface area contributed by atoms with Crippen LogP contribution in [0.5, 0.6) is 5.75 Å². The van der Waals surface area contributed by atoms with Crippen molar-refractivity contribution in [2.45, 2.75) is 57.0 Å². The minimum Gasteiger partial charge on any atom is -0.489 e. The average Bonchev–Trinajstić information content (AvgIpc) is 2.74. The zero-order chi connectivity index (χ0) is 22.6. The normalized spacial score (nSPS) is 24.7.